The van der Waals surface area contributed by atoms with Gasteiger partial charge in [0, 0.05) is 89.2 Å². The van der Waals surface area contributed by atoms with Gasteiger partial charge in [-0.1, -0.05) is 56.3 Å². The van der Waals surface area contributed by atoms with E-state index in [2.05, 4.69) is 43.5 Å². The zero-order chi connectivity index (χ0) is 48.6. The molecule has 3 atom stereocenters. The number of rotatable bonds is 22. The van der Waals surface area contributed by atoms with Gasteiger partial charge < -0.3 is 48.9 Å². The summed E-state index contributed by atoms with van der Waals surface area (Å²) in [6, 6.07) is 23.6. The van der Waals surface area contributed by atoms with Gasteiger partial charge in [-0.05, 0) is 59.9 Å². The molecule has 9 rings (SSSR count). The van der Waals surface area contributed by atoms with Crippen molar-refractivity contribution in [1.82, 2.24) is 35.1 Å². The van der Waals surface area contributed by atoms with Crippen molar-refractivity contribution in [1.29, 1.82) is 0 Å². The van der Waals surface area contributed by atoms with Crippen LogP contribution in [0.15, 0.2) is 103 Å². The van der Waals surface area contributed by atoms with E-state index in [0.29, 0.717) is 70.0 Å². The summed E-state index contributed by atoms with van der Waals surface area (Å²) in [5.74, 6) is -0.0887. The Hall–Kier alpha value is -6.76. The maximum Gasteiger partial charge on any atom is 0.255 e. The molecular formula is C53H57N7O9S. The Balaban J connectivity index is 0.692. The van der Waals surface area contributed by atoms with Gasteiger partial charge in [-0.2, -0.15) is 0 Å². The molecule has 4 aromatic heterocycles. The lowest BCUT2D eigenvalue weighted by Crippen LogP contribution is -2.55. The molecule has 0 bridgehead atoms. The van der Waals surface area contributed by atoms with Gasteiger partial charge in [0.15, 0.2) is 0 Å². The number of pyridine rings is 2. The van der Waals surface area contributed by atoms with Gasteiger partial charge in [0.05, 0.1) is 61.8 Å². The molecule has 3 amide bonds. The lowest BCUT2D eigenvalue weighted by Gasteiger charge is -2.35. The zero-order valence-corrected chi connectivity index (χ0v) is 40.3. The minimum Gasteiger partial charge on any atom is -0.491 e. The highest BCUT2D eigenvalue weighted by Gasteiger charge is 2.46. The number of hydrogen-bond donors (Lipinski definition) is 3. The van der Waals surface area contributed by atoms with Crippen LogP contribution in [-0.4, -0.2) is 130 Å². The van der Waals surface area contributed by atoms with Crippen LogP contribution in [0.1, 0.15) is 47.4 Å². The fourth-order valence-electron chi connectivity index (χ4n) is 9.13. The fourth-order valence-corrected chi connectivity index (χ4v) is 9.93. The Labute approximate surface area is 409 Å². The largest absolute Gasteiger partial charge is 0.491 e. The summed E-state index contributed by atoms with van der Waals surface area (Å²) in [5.41, 5.74) is 9.95. The minimum atomic E-state index is -0.908. The van der Waals surface area contributed by atoms with E-state index in [4.69, 9.17) is 23.7 Å². The molecule has 16 nitrogen and oxygen atoms in total. The molecule has 364 valence electrons. The molecule has 70 heavy (non-hydrogen) atoms. The molecule has 3 N–H and O–H groups in total. The van der Waals surface area contributed by atoms with Crippen LogP contribution in [0.3, 0.4) is 0 Å². The van der Waals surface area contributed by atoms with Crippen molar-refractivity contribution < 1.29 is 43.2 Å². The number of aliphatic hydroxyl groups is 1. The van der Waals surface area contributed by atoms with Gasteiger partial charge in [-0.25, -0.2) is 9.97 Å². The molecule has 2 unspecified atom stereocenters. The van der Waals surface area contributed by atoms with Gasteiger partial charge in [-0.3, -0.25) is 19.4 Å². The number of hydrogen-bond acceptors (Lipinski definition) is 13. The Morgan fingerprint density at radius 1 is 0.829 bits per heavy atom. The van der Waals surface area contributed by atoms with E-state index < -0.39 is 24.1 Å². The van der Waals surface area contributed by atoms with E-state index in [1.54, 1.807) is 28.9 Å². The Kier molecular flexibility index (Phi) is 15.4. The highest BCUT2D eigenvalue weighted by molar-refractivity contribution is 7.13. The smallest absolute Gasteiger partial charge is 0.255 e. The van der Waals surface area contributed by atoms with Crippen LogP contribution in [0.4, 0.5) is 0 Å². The number of aryl methyl sites for hydroxylation is 1. The highest BCUT2D eigenvalue weighted by Crippen LogP contribution is 2.34. The molecule has 3 aromatic carbocycles. The van der Waals surface area contributed by atoms with Crippen molar-refractivity contribution in [3.05, 3.63) is 125 Å². The van der Waals surface area contributed by atoms with Crippen molar-refractivity contribution >= 4 is 50.9 Å². The van der Waals surface area contributed by atoms with Gasteiger partial charge in [0.1, 0.15) is 31.0 Å². The summed E-state index contributed by atoms with van der Waals surface area (Å²) in [5, 5.41) is 16.0. The van der Waals surface area contributed by atoms with Gasteiger partial charge >= 0.3 is 0 Å². The van der Waals surface area contributed by atoms with Crippen molar-refractivity contribution in [3.8, 4) is 33.2 Å². The number of carbonyl (C=O) groups is 3. The van der Waals surface area contributed by atoms with Gasteiger partial charge in [-0.15, -0.1) is 11.3 Å². The third-order valence-electron chi connectivity index (χ3n) is 12.6. The average Bonchev–Trinajstić information content (AvgIpc) is 4.16. The molecule has 0 radical (unpaired) electrons. The number of aromatic amines is 1. The van der Waals surface area contributed by atoms with Crippen LogP contribution in [0.2, 0.25) is 0 Å². The molecule has 1 saturated heterocycles. The summed E-state index contributed by atoms with van der Waals surface area (Å²) in [6.45, 7) is 9.01. The number of carbonyl (C=O) groups excluding carboxylic acids is 3. The van der Waals surface area contributed by atoms with Gasteiger partial charge in [0.25, 0.3) is 5.91 Å². The topological polar surface area (TPSA) is 191 Å². The normalized spacial score (nSPS) is 16.1. The van der Waals surface area contributed by atoms with E-state index in [9.17, 15) is 19.5 Å². The number of amides is 3. The monoisotopic (exact) mass is 967 g/mol. The molecule has 7 aromatic rings. The molecule has 1 fully saturated rings. The SMILES string of the molecule is Cc1ncsc1-c1ccc(CNC(=O)C2CC(O)CN2C(=O)[C@H](C(C)C)N2Cc3ccccc3C2=O)c(OCCOCCOCCOCCOc2ccc(-c3ccc4c(c3)[nH]c3ccncc34)cn2)c1. The Morgan fingerprint density at radius 3 is 2.30 bits per heavy atom. The van der Waals surface area contributed by atoms with Crippen LogP contribution in [0, 0.1) is 12.8 Å². The predicted molar refractivity (Wildman–Crippen MR) is 265 cm³/mol. The molecule has 0 saturated carbocycles. The zero-order valence-electron chi connectivity index (χ0n) is 39.5. The van der Waals surface area contributed by atoms with Crippen LogP contribution in [0.25, 0.3) is 43.4 Å². The summed E-state index contributed by atoms with van der Waals surface area (Å²) in [6.07, 6.45) is 4.68. The molecule has 2 aliphatic heterocycles. The Bertz CT molecular complexity index is 2940. The van der Waals surface area contributed by atoms with E-state index >= 15 is 0 Å². The second kappa shape index (κ2) is 22.3. The second-order valence-corrected chi connectivity index (χ2v) is 18.6. The number of thiazole rings is 1. The van der Waals surface area contributed by atoms with Crippen LogP contribution in [-0.2, 0) is 36.9 Å². The number of aromatic nitrogens is 4. The number of nitrogens with one attached hydrogen (secondary N) is 2. The highest BCUT2D eigenvalue weighted by atomic mass is 32.1. The van der Waals surface area contributed by atoms with Crippen LogP contribution < -0.4 is 14.8 Å². The number of nitrogens with zero attached hydrogens (tertiary/aromatic N) is 5. The number of likely N-dealkylation sites (tertiary alicyclic amines) is 1. The molecule has 0 aliphatic carbocycles. The minimum absolute atomic E-state index is 0.00116. The maximum atomic E-state index is 14.2. The third-order valence-corrected chi connectivity index (χ3v) is 13.6. The number of aliphatic hydroxyl groups excluding tert-OH is 1. The first-order chi connectivity index (χ1) is 34.1. The quantitative estimate of drug-likeness (QED) is 0.0592. The number of fused-ring (bicyclic) bond motifs is 4. The third kappa shape index (κ3) is 11.0. The van der Waals surface area contributed by atoms with E-state index in [-0.39, 0.29) is 43.8 Å². The van der Waals surface area contributed by atoms with Crippen molar-refractivity contribution in [2.24, 2.45) is 5.92 Å². The van der Waals surface area contributed by atoms with Crippen molar-refractivity contribution in [2.45, 2.75) is 58.5 Å². The molecule has 2 aliphatic rings. The van der Waals surface area contributed by atoms with E-state index in [0.717, 1.165) is 60.2 Å². The fraction of sp³-hybridized carbons (Fsp3) is 0.358. The average molecular weight is 968 g/mol. The summed E-state index contributed by atoms with van der Waals surface area (Å²) in [7, 11) is 0. The first kappa shape index (κ1) is 48.3. The van der Waals surface area contributed by atoms with E-state index in [1.807, 2.05) is 81.6 Å². The van der Waals surface area contributed by atoms with E-state index in [1.165, 1.54) is 16.2 Å². The van der Waals surface area contributed by atoms with Crippen molar-refractivity contribution in [2.75, 3.05) is 59.4 Å². The maximum absolute atomic E-state index is 14.2. The van der Waals surface area contributed by atoms with Gasteiger partial charge in [0.2, 0.25) is 17.7 Å². The predicted octanol–water partition coefficient (Wildman–Crippen LogP) is 6.98. The second-order valence-electron chi connectivity index (χ2n) is 17.7. The summed E-state index contributed by atoms with van der Waals surface area (Å²) >= 11 is 1.53. The molecule has 0 spiro atoms. The summed E-state index contributed by atoms with van der Waals surface area (Å²) < 4.78 is 29.2. The number of β-amino-alcohol motifs (C(OH)–C–C–N with tert-alkyl or cyclic N) is 1. The number of benzene rings is 3. The Morgan fingerprint density at radius 2 is 1.57 bits per heavy atom. The first-order valence-electron chi connectivity index (χ1n) is 23.6. The molecule has 17 heteroatoms. The molecule has 6 heterocycles. The van der Waals surface area contributed by atoms with Crippen LogP contribution in [0.5, 0.6) is 11.6 Å². The standard InChI is InChI=1S/C53H57N7O9S/c1-33(2)49(60-30-39-6-4-5-7-41(39)52(60)63)53(64)59-31-40(61)26-46(59)51(62)56-28-38-9-8-36(50-34(3)57-32-70-50)25-47(38)68-22-20-66-18-16-65-17-19-67-21-23-69-48-13-11-37(27-55-48)35-10-12-42-43-29-54-15-14-44(43)58-45(42)24-35/h4-15,24-25,27,29,32-33,40,46,49,58,61H,16-23,26,28,30-31H2,1-3H3,(H,56,62)/t40?,46?,49-/m0/s1. The van der Waals surface area contributed by atoms with Crippen molar-refractivity contribution in [3.63, 3.8) is 0 Å². The van der Waals surface area contributed by atoms with Crippen LogP contribution >= 0.6 is 11.3 Å². The lowest BCUT2D eigenvalue weighted by atomic mass is 10.0. The number of ether oxygens (including phenoxy) is 5. The first-order valence-corrected chi connectivity index (χ1v) is 24.5. The number of H-pyrrole nitrogens is 1. The lowest BCUT2D eigenvalue weighted by molar-refractivity contribution is -0.143. The summed E-state index contributed by atoms with van der Waals surface area (Å²) in [4.78, 5) is 62.2. The molecular weight excluding hydrogens is 911 g/mol.